The van der Waals surface area contributed by atoms with Crippen LogP contribution in [0.1, 0.15) is 28.4 Å². The van der Waals surface area contributed by atoms with Crippen molar-refractivity contribution < 1.29 is 14.5 Å². The Morgan fingerprint density at radius 1 is 1.53 bits per heavy atom. The number of esters is 1. The Labute approximate surface area is 103 Å². The molecule has 1 aromatic rings. The first kappa shape index (κ1) is 13.4. The second-order valence-electron chi connectivity index (χ2n) is 3.40. The Hall–Kier alpha value is -1.62. The number of carbonyl (C=O) groups is 1. The summed E-state index contributed by atoms with van der Waals surface area (Å²) < 4.78 is 4.84. The van der Waals surface area contributed by atoms with Gasteiger partial charge in [0.05, 0.1) is 17.1 Å². The molecule has 0 aliphatic carbocycles. The van der Waals surface area contributed by atoms with Crippen molar-refractivity contribution >= 4 is 23.3 Å². The van der Waals surface area contributed by atoms with Gasteiger partial charge in [0.1, 0.15) is 0 Å². The second-order valence-corrected chi connectivity index (χ2v) is 3.67. The fourth-order valence-corrected chi connectivity index (χ4v) is 1.60. The normalized spacial score (nSPS) is 10.1. The van der Waals surface area contributed by atoms with Crippen LogP contribution in [0.4, 0.5) is 5.69 Å². The molecule has 1 rings (SSSR count). The summed E-state index contributed by atoms with van der Waals surface area (Å²) in [5, 5.41) is 10.8. The van der Waals surface area contributed by atoms with Crippen molar-refractivity contribution in [2.45, 2.75) is 19.7 Å². The van der Waals surface area contributed by atoms with Crippen LogP contribution in [0.15, 0.2) is 12.1 Å². The summed E-state index contributed by atoms with van der Waals surface area (Å²) in [5.41, 5.74) is 0.886. The molecule has 0 aliphatic rings. The smallest absolute Gasteiger partial charge is 0.338 e. The molecule has 0 bridgehead atoms. The topological polar surface area (TPSA) is 69.4 Å². The number of hydrogen-bond donors (Lipinski definition) is 0. The minimum absolute atomic E-state index is 0.105. The molecule has 0 saturated heterocycles. The number of hydrogen-bond acceptors (Lipinski definition) is 4. The number of halogens is 1. The summed E-state index contributed by atoms with van der Waals surface area (Å²) in [6.07, 6.45) is 0. The van der Waals surface area contributed by atoms with Crippen LogP contribution in [0.5, 0.6) is 0 Å². The summed E-state index contributed by atoms with van der Waals surface area (Å²) in [6, 6.07) is 2.89. The molecule has 6 heteroatoms. The zero-order valence-electron chi connectivity index (χ0n) is 9.53. The molecule has 5 nitrogen and oxygen atoms in total. The van der Waals surface area contributed by atoms with E-state index >= 15 is 0 Å². The van der Waals surface area contributed by atoms with Gasteiger partial charge in [0.2, 0.25) is 0 Å². The van der Waals surface area contributed by atoms with E-state index < -0.39 is 10.9 Å². The maximum atomic E-state index is 11.6. The lowest BCUT2D eigenvalue weighted by Crippen LogP contribution is -2.09. The van der Waals surface area contributed by atoms with Crippen molar-refractivity contribution in [1.82, 2.24) is 0 Å². The third kappa shape index (κ3) is 2.94. The number of alkyl halides is 1. The third-order valence-corrected chi connectivity index (χ3v) is 2.60. The van der Waals surface area contributed by atoms with E-state index in [1.165, 1.54) is 19.1 Å². The van der Waals surface area contributed by atoms with Crippen molar-refractivity contribution in [3.8, 4) is 0 Å². The van der Waals surface area contributed by atoms with E-state index in [0.717, 1.165) is 0 Å². The van der Waals surface area contributed by atoms with Crippen molar-refractivity contribution in [2.24, 2.45) is 0 Å². The molecule has 0 fully saturated rings. The Morgan fingerprint density at radius 3 is 2.65 bits per heavy atom. The molecule has 0 saturated carbocycles. The summed E-state index contributed by atoms with van der Waals surface area (Å²) in [4.78, 5) is 21.9. The van der Waals surface area contributed by atoms with Crippen molar-refractivity contribution in [3.63, 3.8) is 0 Å². The van der Waals surface area contributed by atoms with Crippen LogP contribution in [0, 0.1) is 17.0 Å². The minimum Gasteiger partial charge on any atom is -0.462 e. The Morgan fingerprint density at radius 2 is 2.18 bits per heavy atom. The van der Waals surface area contributed by atoms with E-state index in [1.54, 1.807) is 6.92 Å². The van der Waals surface area contributed by atoms with E-state index in [2.05, 4.69) is 0 Å². The zero-order chi connectivity index (χ0) is 13.0. The van der Waals surface area contributed by atoms with Crippen LogP contribution in [0.2, 0.25) is 0 Å². The van der Waals surface area contributed by atoms with Gasteiger partial charge in [-0.05, 0) is 25.5 Å². The van der Waals surface area contributed by atoms with Gasteiger partial charge in [-0.15, -0.1) is 11.6 Å². The first-order valence-corrected chi connectivity index (χ1v) is 5.55. The SMILES string of the molecule is CCOC(=O)c1cc(CCl)cc([N+](=O)[O-])c1C. The van der Waals surface area contributed by atoms with Gasteiger partial charge in [-0.3, -0.25) is 10.1 Å². The predicted octanol–water partition coefficient (Wildman–Crippen LogP) is 2.82. The van der Waals surface area contributed by atoms with E-state index in [-0.39, 0.29) is 23.7 Å². The maximum Gasteiger partial charge on any atom is 0.338 e. The molecule has 0 spiro atoms. The van der Waals surface area contributed by atoms with Gasteiger partial charge in [0.25, 0.3) is 5.69 Å². The first-order valence-electron chi connectivity index (χ1n) is 5.02. The highest BCUT2D eigenvalue weighted by Crippen LogP contribution is 2.25. The fourth-order valence-electron chi connectivity index (χ4n) is 1.44. The summed E-state index contributed by atoms with van der Waals surface area (Å²) >= 11 is 5.63. The predicted molar refractivity (Wildman–Crippen MR) is 63.3 cm³/mol. The summed E-state index contributed by atoms with van der Waals surface area (Å²) in [5.74, 6) is -0.465. The average molecular weight is 258 g/mol. The van der Waals surface area contributed by atoms with Crippen LogP contribution < -0.4 is 0 Å². The molecule has 0 atom stereocenters. The number of nitro groups is 1. The summed E-state index contributed by atoms with van der Waals surface area (Å²) in [7, 11) is 0. The Balaban J connectivity index is 3.33. The number of rotatable bonds is 4. The van der Waals surface area contributed by atoms with Crippen molar-refractivity contribution in [3.05, 3.63) is 38.9 Å². The molecule has 0 aromatic heterocycles. The fraction of sp³-hybridized carbons (Fsp3) is 0.364. The number of ether oxygens (including phenoxy) is 1. The number of carbonyl (C=O) groups excluding carboxylic acids is 1. The molecule has 0 aliphatic heterocycles. The van der Waals surface area contributed by atoms with Crippen molar-refractivity contribution in [2.75, 3.05) is 6.61 Å². The molecule has 0 heterocycles. The van der Waals surface area contributed by atoms with Gasteiger partial charge in [0, 0.05) is 17.5 Å². The highest BCUT2D eigenvalue weighted by molar-refractivity contribution is 6.17. The Kier molecular flexibility index (Phi) is 4.45. The molecule has 92 valence electrons. The van der Waals surface area contributed by atoms with Crippen LogP contribution in [-0.2, 0) is 10.6 Å². The lowest BCUT2D eigenvalue weighted by molar-refractivity contribution is -0.385. The number of benzene rings is 1. The van der Waals surface area contributed by atoms with E-state index in [4.69, 9.17) is 16.3 Å². The Bertz CT molecular complexity index is 459. The van der Waals surface area contributed by atoms with Crippen LogP contribution in [-0.4, -0.2) is 17.5 Å². The first-order chi connectivity index (χ1) is 8.01. The van der Waals surface area contributed by atoms with Gasteiger partial charge in [0.15, 0.2) is 0 Å². The molecular weight excluding hydrogens is 246 g/mol. The van der Waals surface area contributed by atoms with Crippen LogP contribution >= 0.6 is 11.6 Å². The molecule has 0 N–H and O–H groups in total. The molecule has 1 aromatic carbocycles. The van der Waals surface area contributed by atoms with Crippen LogP contribution in [0.3, 0.4) is 0 Å². The second kappa shape index (κ2) is 5.63. The number of nitro benzene ring substituents is 1. The number of nitrogens with zero attached hydrogens (tertiary/aromatic N) is 1. The minimum atomic E-state index is -0.569. The molecule has 0 unspecified atom stereocenters. The van der Waals surface area contributed by atoms with Gasteiger partial charge >= 0.3 is 5.97 Å². The highest BCUT2D eigenvalue weighted by Gasteiger charge is 2.20. The molecular formula is C11H12ClNO4. The summed E-state index contributed by atoms with van der Waals surface area (Å²) in [6.45, 7) is 3.41. The average Bonchev–Trinajstić information content (AvgIpc) is 2.29. The molecule has 0 amide bonds. The lowest BCUT2D eigenvalue weighted by atomic mass is 10.0. The monoisotopic (exact) mass is 257 g/mol. The van der Waals surface area contributed by atoms with Gasteiger partial charge in [-0.2, -0.15) is 0 Å². The maximum absolute atomic E-state index is 11.6. The molecule has 0 radical (unpaired) electrons. The van der Waals surface area contributed by atoms with Gasteiger partial charge in [-0.1, -0.05) is 0 Å². The third-order valence-electron chi connectivity index (χ3n) is 2.29. The van der Waals surface area contributed by atoms with Crippen molar-refractivity contribution in [1.29, 1.82) is 0 Å². The largest absolute Gasteiger partial charge is 0.462 e. The van der Waals surface area contributed by atoms with Gasteiger partial charge < -0.3 is 4.74 Å². The zero-order valence-corrected chi connectivity index (χ0v) is 10.3. The highest BCUT2D eigenvalue weighted by atomic mass is 35.5. The van der Waals surface area contributed by atoms with E-state index in [9.17, 15) is 14.9 Å². The standard InChI is InChI=1S/C11H12ClNO4/c1-3-17-11(14)9-4-8(6-12)5-10(7(9)2)13(15)16/h4-5H,3,6H2,1-2H3. The van der Waals surface area contributed by atoms with Crippen LogP contribution in [0.25, 0.3) is 0 Å². The lowest BCUT2D eigenvalue weighted by Gasteiger charge is -2.07. The van der Waals surface area contributed by atoms with Gasteiger partial charge in [-0.25, -0.2) is 4.79 Å². The van der Waals surface area contributed by atoms with E-state index in [1.807, 2.05) is 0 Å². The van der Waals surface area contributed by atoms with E-state index in [0.29, 0.717) is 11.1 Å². The molecule has 17 heavy (non-hydrogen) atoms. The quantitative estimate of drug-likeness (QED) is 0.360.